The number of likely N-dealkylation sites (N-methyl/N-ethyl adjacent to an activating group) is 1. The number of carbonyl (C=O) groups excluding carboxylic acids is 1. The van der Waals surface area contributed by atoms with Crippen LogP contribution in [0, 0.1) is 0 Å². The van der Waals surface area contributed by atoms with Crippen molar-refractivity contribution in [3.8, 4) is 22.8 Å². The van der Waals surface area contributed by atoms with Crippen molar-refractivity contribution >= 4 is 16.8 Å². The van der Waals surface area contributed by atoms with Gasteiger partial charge in [0, 0.05) is 37.1 Å². The second-order valence-corrected chi connectivity index (χ2v) is 9.81. The first-order valence-corrected chi connectivity index (χ1v) is 12.1. The summed E-state index contributed by atoms with van der Waals surface area (Å²) in [6, 6.07) is 12.9. The first kappa shape index (κ1) is 24.1. The Morgan fingerprint density at radius 1 is 1.12 bits per heavy atom. The van der Waals surface area contributed by atoms with Gasteiger partial charge in [-0.05, 0) is 72.7 Å². The zero-order valence-corrected chi connectivity index (χ0v) is 21.3. The minimum Gasteiger partial charge on any atom is -0.493 e. The van der Waals surface area contributed by atoms with Crippen LogP contribution in [0.1, 0.15) is 49.7 Å². The van der Waals surface area contributed by atoms with Crippen molar-refractivity contribution in [1.29, 1.82) is 0 Å². The summed E-state index contributed by atoms with van der Waals surface area (Å²) in [6.07, 6.45) is 2.27. The lowest BCUT2D eigenvalue weighted by molar-refractivity contribution is -0.130. The van der Waals surface area contributed by atoms with Crippen LogP contribution >= 0.6 is 0 Å². The molecule has 0 bridgehead atoms. The van der Waals surface area contributed by atoms with E-state index in [1.807, 2.05) is 26.2 Å². The zero-order valence-electron chi connectivity index (χ0n) is 21.3. The van der Waals surface area contributed by atoms with E-state index in [4.69, 9.17) is 9.47 Å². The van der Waals surface area contributed by atoms with Crippen molar-refractivity contribution in [2.75, 3.05) is 47.9 Å². The number of fused-ring (bicyclic) bond motifs is 1. The van der Waals surface area contributed by atoms with Gasteiger partial charge in [-0.3, -0.25) is 9.69 Å². The van der Waals surface area contributed by atoms with Crippen molar-refractivity contribution < 1.29 is 14.3 Å². The second-order valence-electron chi connectivity index (χ2n) is 9.81. The summed E-state index contributed by atoms with van der Waals surface area (Å²) in [6.45, 7) is 6.90. The van der Waals surface area contributed by atoms with E-state index in [1.54, 1.807) is 19.1 Å². The second kappa shape index (κ2) is 10.1. The summed E-state index contributed by atoms with van der Waals surface area (Å²) in [5.41, 5.74) is 6.04. The Balaban J connectivity index is 1.69. The van der Waals surface area contributed by atoms with E-state index in [-0.39, 0.29) is 5.91 Å². The van der Waals surface area contributed by atoms with Gasteiger partial charge in [0.05, 0.1) is 26.5 Å². The van der Waals surface area contributed by atoms with Crippen molar-refractivity contribution in [3.63, 3.8) is 0 Å². The first-order chi connectivity index (χ1) is 16.3. The summed E-state index contributed by atoms with van der Waals surface area (Å²) in [5, 5.41) is 1.28. The highest BCUT2D eigenvalue weighted by molar-refractivity contribution is 5.92. The summed E-state index contributed by atoms with van der Waals surface area (Å²) < 4.78 is 11.0. The number of nitrogens with one attached hydrogen (secondary N) is 1. The van der Waals surface area contributed by atoms with Crippen LogP contribution in [-0.2, 0) is 4.79 Å². The lowest BCUT2D eigenvalue weighted by Gasteiger charge is -2.33. The van der Waals surface area contributed by atoms with Crippen molar-refractivity contribution in [2.45, 2.75) is 38.5 Å². The highest BCUT2D eigenvalue weighted by Crippen LogP contribution is 2.40. The number of aromatic amines is 1. The van der Waals surface area contributed by atoms with Gasteiger partial charge >= 0.3 is 0 Å². The molecular weight excluding hydrogens is 426 g/mol. The normalized spacial score (nSPS) is 16.7. The summed E-state index contributed by atoms with van der Waals surface area (Å²) in [4.78, 5) is 19.9. The van der Waals surface area contributed by atoms with Gasteiger partial charge in [0.2, 0.25) is 5.91 Å². The Bertz CT molecular complexity index is 1170. The number of nitrogens with zero attached hydrogens (tertiary/aromatic N) is 2. The van der Waals surface area contributed by atoms with Crippen LogP contribution in [0.15, 0.2) is 36.4 Å². The van der Waals surface area contributed by atoms with E-state index in [0.29, 0.717) is 18.4 Å². The van der Waals surface area contributed by atoms with Gasteiger partial charge in [-0.15, -0.1) is 0 Å². The number of amides is 1. The molecule has 4 rings (SSSR count). The SMILES string of the molecule is COc1ccc(-c2[nH]c3ccc(C4CCCN(CC(=O)N(C)C)C4)cc3c2C(C)C)cc1OC. The molecule has 1 aromatic heterocycles. The van der Waals surface area contributed by atoms with Crippen molar-refractivity contribution in [2.24, 2.45) is 0 Å². The Morgan fingerprint density at radius 2 is 1.88 bits per heavy atom. The van der Waals surface area contributed by atoms with Gasteiger partial charge < -0.3 is 19.4 Å². The smallest absolute Gasteiger partial charge is 0.236 e. The lowest BCUT2D eigenvalue weighted by atomic mass is 9.88. The molecular formula is C28H37N3O3. The molecule has 0 saturated carbocycles. The number of rotatable bonds is 7. The minimum absolute atomic E-state index is 0.170. The molecule has 6 nitrogen and oxygen atoms in total. The van der Waals surface area contributed by atoms with Gasteiger partial charge in [-0.25, -0.2) is 0 Å². The fourth-order valence-corrected chi connectivity index (χ4v) is 5.11. The van der Waals surface area contributed by atoms with E-state index in [0.717, 1.165) is 54.2 Å². The van der Waals surface area contributed by atoms with E-state index in [1.165, 1.54) is 16.5 Å². The largest absolute Gasteiger partial charge is 0.493 e. The molecule has 1 fully saturated rings. The molecule has 1 N–H and O–H groups in total. The van der Waals surface area contributed by atoms with Crippen LogP contribution in [0.25, 0.3) is 22.2 Å². The number of likely N-dealkylation sites (tertiary alicyclic amines) is 1. The third-order valence-corrected chi connectivity index (χ3v) is 6.95. The van der Waals surface area contributed by atoms with Crippen LogP contribution in [0.2, 0.25) is 0 Å². The molecule has 0 spiro atoms. The van der Waals surface area contributed by atoms with Gasteiger partial charge in [0.1, 0.15) is 0 Å². The Morgan fingerprint density at radius 3 is 2.56 bits per heavy atom. The highest BCUT2D eigenvalue weighted by atomic mass is 16.5. The van der Waals surface area contributed by atoms with Crippen molar-refractivity contribution in [3.05, 3.63) is 47.5 Å². The van der Waals surface area contributed by atoms with Crippen LogP contribution in [0.5, 0.6) is 11.5 Å². The predicted octanol–water partition coefficient (Wildman–Crippen LogP) is 5.24. The van der Waals surface area contributed by atoms with Crippen LogP contribution in [0.3, 0.4) is 0 Å². The number of ether oxygens (including phenoxy) is 2. The third-order valence-electron chi connectivity index (χ3n) is 6.95. The van der Waals surface area contributed by atoms with Crippen LogP contribution in [0.4, 0.5) is 0 Å². The molecule has 3 aromatic rings. The number of H-pyrrole nitrogens is 1. The predicted molar refractivity (Wildman–Crippen MR) is 138 cm³/mol. The standard InChI is InChI=1S/C28H37N3O3/c1-18(2)27-22-14-19(21-8-7-13-31(16-21)17-26(32)30(3)4)9-11-23(22)29-28(27)20-10-12-24(33-5)25(15-20)34-6/h9-12,14-15,18,21,29H,7-8,13,16-17H2,1-6H3. The maximum absolute atomic E-state index is 12.2. The van der Waals surface area contributed by atoms with Gasteiger partial charge in [0.15, 0.2) is 11.5 Å². The number of hydrogen-bond donors (Lipinski definition) is 1. The van der Waals surface area contributed by atoms with Crippen molar-refractivity contribution in [1.82, 2.24) is 14.8 Å². The average molecular weight is 464 g/mol. The molecule has 2 heterocycles. The van der Waals surface area contributed by atoms with Gasteiger partial charge in [-0.1, -0.05) is 19.9 Å². The number of hydrogen-bond acceptors (Lipinski definition) is 4. The number of aromatic nitrogens is 1. The van der Waals surface area contributed by atoms with E-state index >= 15 is 0 Å². The number of benzene rings is 2. The van der Waals surface area contributed by atoms with E-state index in [2.05, 4.69) is 48.0 Å². The number of methoxy groups -OCH3 is 2. The molecule has 0 radical (unpaired) electrons. The zero-order chi connectivity index (χ0) is 24.4. The summed E-state index contributed by atoms with van der Waals surface area (Å²) >= 11 is 0. The van der Waals surface area contributed by atoms with Gasteiger partial charge in [-0.2, -0.15) is 0 Å². The van der Waals surface area contributed by atoms with Gasteiger partial charge in [0.25, 0.3) is 0 Å². The summed E-state index contributed by atoms with van der Waals surface area (Å²) in [7, 11) is 6.98. The monoisotopic (exact) mass is 463 g/mol. The maximum Gasteiger partial charge on any atom is 0.236 e. The third kappa shape index (κ3) is 4.78. The molecule has 2 aromatic carbocycles. The quantitative estimate of drug-likeness (QED) is 0.520. The molecule has 1 aliphatic heterocycles. The average Bonchev–Trinajstić information content (AvgIpc) is 3.22. The molecule has 6 heteroatoms. The number of piperidine rings is 1. The molecule has 1 atom stereocenters. The van der Waals surface area contributed by atoms with Crippen LogP contribution in [-0.4, -0.2) is 68.6 Å². The Hall–Kier alpha value is -2.99. The Kier molecular flexibility index (Phi) is 7.17. The van der Waals surface area contributed by atoms with Crippen LogP contribution < -0.4 is 9.47 Å². The highest BCUT2D eigenvalue weighted by Gasteiger charge is 2.25. The molecule has 1 saturated heterocycles. The Labute approximate surface area is 202 Å². The molecule has 182 valence electrons. The molecule has 34 heavy (non-hydrogen) atoms. The topological polar surface area (TPSA) is 57.8 Å². The molecule has 0 aliphatic carbocycles. The first-order valence-electron chi connectivity index (χ1n) is 12.1. The fraction of sp³-hybridized carbons (Fsp3) is 0.464. The fourth-order valence-electron chi connectivity index (χ4n) is 5.11. The van der Waals surface area contributed by atoms with E-state index < -0.39 is 0 Å². The molecule has 1 unspecified atom stereocenters. The maximum atomic E-state index is 12.2. The lowest BCUT2D eigenvalue weighted by Crippen LogP contribution is -2.41. The summed E-state index contributed by atoms with van der Waals surface area (Å²) in [5.74, 6) is 2.41. The molecule has 1 aliphatic rings. The minimum atomic E-state index is 0.170. The number of carbonyl (C=O) groups is 1. The van der Waals surface area contributed by atoms with E-state index in [9.17, 15) is 4.79 Å². The molecule has 1 amide bonds.